The number of rotatable bonds is 6. The van der Waals surface area contributed by atoms with Gasteiger partial charge in [0, 0.05) is 6.54 Å². The summed E-state index contributed by atoms with van der Waals surface area (Å²) < 4.78 is 39.0. The van der Waals surface area contributed by atoms with Crippen LogP contribution in [0.5, 0.6) is 0 Å². The first-order valence-corrected chi connectivity index (χ1v) is 9.15. The van der Waals surface area contributed by atoms with Crippen molar-refractivity contribution in [3.63, 3.8) is 0 Å². The van der Waals surface area contributed by atoms with E-state index in [-0.39, 0.29) is 11.4 Å². The first-order chi connectivity index (χ1) is 13.4. The Bertz CT molecular complexity index is 847. The molecule has 1 heterocycles. The zero-order valence-corrected chi connectivity index (χ0v) is 15.2. The monoisotopic (exact) mass is 390 g/mol. The highest BCUT2D eigenvalue weighted by Gasteiger charge is 2.33. The molecular formula is C20H21F3N4O. The quantitative estimate of drug-likeness (QED) is 0.678. The van der Waals surface area contributed by atoms with Crippen molar-refractivity contribution in [3.05, 3.63) is 59.6 Å². The van der Waals surface area contributed by atoms with Crippen molar-refractivity contribution < 1.29 is 18.0 Å². The third-order valence-electron chi connectivity index (χ3n) is 4.50. The lowest BCUT2D eigenvalue weighted by molar-refractivity contribution is -0.136. The second kappa shape index (κ2) is 8.86. The highest BCUT2D eigenvalue weighted by molar-refractivity contribution is 6.03. The summed E-state index contributed by atoms with van der Waals surface area (Å²) in [6, 6.07) is 4.80. The minimum atomic E-state index is -4.56. The second-order valence-corrected chi connectivity index (χ2v) is 6.57. The van der Waals surface area contributed by atoms with Gasteiger partial charge in [-0.2, -0.15) is 13.2 Å². The third kappa shape index (κ3) is 5.31. The molecule has 0 unspecified atom stereocenters. The summed E-state index contributed by atoms with van der Waals surface area (Å²) in [6.07, 6.45) is 6.04. The van der Waals surface area contributed by atoms with Crippen LogP contribution in [0.2, 0.25) is 0 Å². The number of nitrogens with zero attached hydrogens (tertiary/aromatic N) is 2. The average Bonchev–Trinajstić information content (AvgIpc) is 2.69. The van der Waals surface area contributed by atoms with Crippen LogP contribution >= 0.6 is 0 Å². The summed E-state index contributed by atoms with van der Waals surface area (Å²) in [6.45, 7) is 0.713. The van der Waals surface area contributed by atoms with Gasteiger partial charge in [-0.15, -0.1) is 0 Å². The van der Waals surface area contributed by atoms with Crippen LogP contribution in [0.1, 0.15) is 48.2 Å². The predicted octanol–water partition coefficient (Wildman–Crippen LogP) is 5.05. The molecule has 2 N–H and O–H groups in total. The molecule has 0 saturated carbocycles. The number of carbonyl (C=O) groups excluding carboxylic acids is 1. The fourth-order valence-electron chi connectivity index (χ4n) is 3.05. The summed E-state index contributed by atoms with van der Waals surface area (Å²) in [7, 11) is 0. The maximum atomic E-state index is 13.0. The fraction of sp³-hybridized carbons (Fsp3) is 0.350. The summed E-state index contributed by atoms with van der Waals surface area (Å²) in [4.78, 5) is 20.3. The lowest BCUT2D eigenvalue weighted by Crippen LogP contribution is -2.18. The lowest BCUT2D eigenvalue weighted by atomic mass is 9.97. The van der Waals surface area contributed by atoms with Crippen molar-refractivity contribution in [1.29, 1.82) is 0 Å². The molecular weight excluding hydrogens is 369 g/mol. The number of para-hydroxylation sites is 1. The summed E-state index contributed by atoms with van der Waals surface area (Å²) in [5.74, 6) is -0.230. The molecule has 0 aliphatic heterocycles. The zero-order valence-electron chi connectivity index (χ0n) is 15.2. The van der Waals surface area contributed by atoms with Crippen molar-refractivity contribution >= 4 is 17.4 Å². The van der Waals surface area contributed by atoms with Crippen LogP contribution in [0.15, 0.2) is 48.3 Å². The molecule has 1 amide bonds. The van der Waals surface area contributed by atoms with E-state index in [4.69, 9.17) is 0 Å². The minimum absolute atomic E-state index is 0.0579. The molecule has 5 nitrogen and oxygen atoms in total. The van der Waals surface area contributed by atoms with Crippen molar-refractivity contribution in [2.24, 2.45) is 0 Å². The Morgan fingerprint density at radius 1 is 1.11 bits per heavy atom. The van der Waals surface area contributed by atoms with E-state index in [1.54, 1.807) is 0 Å². The smallest absolute Gasteiger partial charge is 0.368 e. The lowest BCUT2D eigenvalue weighted by Gasteiger charge is -2.14. The molecule has 0 radical (unpaired) electrons. The van der Waals surface area contributed by atoms with Crippen LogP contribution in [0.3, 0.4) is 0 Å². The van der Waals surface area contributed by atoms with E-state index in [0.29, 0.717) is 12.4 Å². The van der Waals surface area contributed by atoms with E-state index < -0.39 is 17.6 Å². The van der Waals surface area contributed by atoms with E-state index in [2.05, 4.69) is 26.7 Å². The SMILES string of the molecule is O=C(Nc1ccccc1C(F)(F)F)c1cnc(NCCC2=CCCCC2)cn1. The molecule has 3 rings (SSSR count). The Kier molecular flexibility index (Phi) is 6.28. The highest BCUT2D eigenvalue weighted by Crippen LogP contribution is 2.34. The van der Waals surface area contributed by atoms with Crippen LogP contribution in [0, 0.1) is 0 Å². The number of halogens is 3. The molecule has 28 heavy (non-hydrogen) atoms. The Labute approximate surface area is 161 Å². The van der Waals surface area contributed by atoms with Gasteiger partial charge in [-0.05, 0) is 44.2 Å². The Morgan fingerprint density at radius 2 is 1.93 bits per heavy atom. The zero-order chi connectivity index (χ0) is 20.0. The molecule has 0 saturated heterocycles. The van der Waals surface area contributed by atoms with Gasteiger partial charge in [0.2, 0.25) is 0 Å². The van der Waals surface area contributed by atoms with E-state index in [9.17, 15) is 18.0 Å². The maximum absolute atomic E-state index is 13.0. The standard InChI is InChI=1S/C20H21F3N4O/c21-20(22,23)15-8-4-5-9-16(15)27-19(28)17-12-26-18(13-25-17)24-11-10-14-6-2-1-3-7-14/h4-6,8-9,12-13H,1-3,7,10-11H2,(H,24,26)(H,27,28). The van der Waals surface area contributed by atoms with Gasteiger partial charge < -0.3 is 10.6 Å². The number of aromatic nitrogens is 2. The van der Waals surface area contributed by atoms with Crippen molar-refractivity contribution in [2.75, 3.05) is 17.2 Å². The van der Waals surface area contributed by atoms with Gasteiger partial charge in [0.05, 0.1) is 23.6 Å². The predicted molar refractivity (Wildman–Crippen MR) is 101 cm³/mol. The average molecular weight is 390 g/mol. The number of alkyl halides is 3. The van der Waals surface area contributed by atoms with Gasteiger partial charge in [0.15, 0.2) is 0 Å². The number of benzene rings is 1. The van der Waals surface area contributed by atoms with Crippen LogP contribution in [-0.4, -0.2) is 22.4 Å². The largest absolute Gasteiger partial charge is 0.418 e. The molecule has 148 valence electrons. The summed E-state index contributed by atoms with van der Waals surface area (Å²) in [5, 5.41) is 5.39. The minimum Gasteiger partial charge on any atom is -0.368 e. The number of anilines is 2. The van der Waals surface area contributed by atoms with Crippen LogP contribution in [0.4, 0.5) is 24.7 Å². The second-order valence-electron chi connectivity index (χ2n) is 6.57. The third-order valence-corrected chi connectivity index (χ3v) is 4.50. The van der Waals surface area contributed by atoms with Crippen molar-refractivity contribution in [1.82, 2.24) is 9.97 Å². The van der Waals surface area contributed by atoms with Crippen molar-refractivity contribution in [3.8, 4) is 0 Å². The Morgan fingerprint density at radius 3 is 2.61 bits per heavy atom. The number of amides is 1. The molecule has 1 aromatic carbocycles. The van der Waals surface area contributed by atoms with E-state index >= 15 is 0 Å². The molecule has 1 aliphatic carbocycles. The van der Waals surface area contributed by atoms with Gasteiger partial charge in [-0.1, -0.05) is 23.8 Å². The topological polar surface area (TPSA) is 66.9 Å². The molecule has 1 aromatic heterocycles. The van der Waals surface area contributed by atoms with Crippen LogP contribution < -0.4 is 10.6 Å². The van der Waals surface area contributed by atoms with E-state index in [0.717, 1.165) is 25.3 Å². The maximum Gasteiger partial charge on any atom is 0.418 e. The Hall–Kier alpha value is -2.90. The van der Waals surface area contributed by atoms with Crippen LogP contribution in [-0.2, 0) is 6.18 Å². The van der Waals surface area contributed by atoms with Gasteiger partial charge >= 0.3 is 6.18 Å². The molecule has 0 fully saturated rings. The van der Waals surface area contributed by atoms with Crippen LogP contribution in [0.25, 0.3) is 0 Å². The van der Waals surface area contributed by atoms with Gasteiger partial charge in [0.25, 0.3) is 5.91 Å². The van der Waals surface area contributed by atoms with Gasteiger partial charge in [-0.3, -0.25) is 4.79 Å². The number of hydrogen-bond acceptors (Lipinski definition) is 4. The first kappa shape index (κ1) is 19.9. The number of allylic oxidation sites excluding steroid dienone is 1. The van der Waals surface area contributed by atoms with Gasteiger partial charge in [-0.25, -0.2) is 9.97 Å². The van der Waals surface area contributed by atoms with Gasteiger partial charge in [0.1, 0.15) is 11.5 Å². The van der Waals surface area contributed by atoms with E-state index in [1.807, 2.05) is 0 Å². The fourth-order valence-corrected chi connectivity index (χ4v) is 3.05. The summed E-state index contributed by atoms with van der Waals surface area (Å²) in [5.41, 5.74) is 0.153. The first-order valence-electron chi connectivity index (χ1n) is 9.15. The van der Waals surface area contributed by atoms with E-state index in [1.165, 1.54) is 49.0 Å². The normalized spacial score (nSPS) is 14.3. The molecule has 1 aliphatic rings. The molecule has 0 atom stereocenters. The number of carbonyl (C=O) groups is 1. The molecule has 0 spiro atoms. The molecule has 0 bridgehead atoms. The molecule has 8 heteroatoms. The Balaban J connectivity index is 1.57. The van der Waals surface area contributed by atoms with Crippen molar-refractivity contribution in [2.45, 2.75) is 38.3 Å². The highest BCUT2D eigenvalue weighted by atomic mass is 19.4. The number of hydrogen-bond donors (Lipinski definition) is 2. The summed E-state index contributed by atoms with van der Waals surface area (Å²) >= 11 is 0. The molecule has 2 aromatic rings. The number of nitrogens with one attached hydrogen (secondary N) is 2.